The van der Waals surface area contributed by atoms with Gasteiger partial charge in [0.15, 0.2) is 0 Å². The molecule has 0 aliphatic heterocycles. The standard InChI is InChI=1S/C14H14N2O3/c1-18-11-4-5-12(19-2)10(9-11)3-6-13-15-8-7-14(17)16-13/h3-9H,1-2H3,(H,15,16,17). The van der Waals surface area contributed by atoms with Crippen LogP contribution in [0.4, 0.5) is 0 Å². The van der Waals surface area contributed by atoms with E-state index in [4.69, 9.17) is 9.47 Å². The van der Waals surface area contributed by atoms with Crippen LogP contribution >= 0.6 is 0 Å². The van der Waals surface area contributed by atoms with Crippen molar-refractivity contribution in [3.8, 4) is 11.5 Å². The molecule has 0 amide bonds. The summed E-state index contributed by atoms with van der Waals surface area (Å²) < 4.78 is 10.4. The van der Waals surface area contributed by atoms with Gasteiger partial charge in [0.2, 0.25) is 0 Å². The Morgan fingerprint density at radius 2 is 2.00 bits per heavy atom. The smallest absolute Gasteiger partial charge is 0.251 e. The van der Waals surface area contributed by atoms with Crippen LogP contribution in [0.1, 0.15) is 11.4 Å². The molecule has 2 aromatic rings. The van der Waals surface area contributed by atoms with Gasteiger partial charge in [0.1, 0.15) is 17.3 Å². The highest BCUT2D eigenvalue weighted by atomic mass is 16.5. The van der Waals surface area contributed by atoms with E-state index in [1.807, 2.05) is 18.2 Å². The molecule has 0 spiro atoms. The third-order valence-corrected chi connectivity index (χ3v) is 2.55. The highest BCUT2D eigenvalue weighted by Gasteiger charge is 2.01. The third kappa shape index (κ3) is 3.22. The van der Waals surface area contributed by atoms with Crippen molar-refractivity contribution >= 4 is 12.2 Å². The molecule has 0 radical (unpaired) electrons. The van der Waals surface area contributed by atoms with Gasteiger partial charge in [-0.2, -0.15) is 0 Å². The number of ether oxygens (including phenoxy) is 2. The quantitative estimate of drug-likeness (QED) is 0.910. The minimum absolute atomic E-state index is 0.188. The molecule has 1 aromatic carbocycles. The summed E-state index contributed by atoms with van der Waals surface area (Å²) >= 11 is 0. The van der Waals surface area contributed by atoms with Crippen molar-refractivity contribution in [3.63, 3.8) is 0 Å². The number of H-pyrrole nitrogens is 1. The fraction of sp³-hybridized carbons (Fsp3) is 0.143. The predicted octanol–water partition coefficient (Wildman–Crippen LogP) is 1.96. The number of benzene rings is 1. The summed E-state index contributed by atoms with van der Waals surface area (Å²) in [5.41, 5.74) is 0.653. The largest absolute Gasteiger partial charge is 0.497 e. The van der Waals surface area contributed by atoms with E-state index in [0.29, 0.717) is 5.82 Å². The number of nitrogens with one attached hydrogen (secondary N) is 1. The van der Waals surface area contributed by atoms with Crippen molar-refractivity contribution in [1.29, 1.82) is 0 Å². The molecule has 5 nitrogen and oxygen atoms in total. The summed E-state index contributed by atoms with van der Waals surface area (Å²) in [6.07, 6.45) is 4.97. The van der Waals surface area contributed by atoms with Crippen molar-refractivity contribution in [2.45, 2.75) is 0 Å². The van der Waals surface area contributed by atoms with Crippen LogP contribution in [0.3, 0.4) is 0 Å². The Hall–Kier alpha value is -2.56. The summed E-state index contributed by atoms with van der Waals surface area (Å²) in [5, 5.41) is 0. The second kappa shape index (κ2) is 5.86. The Balaban J connectivity index is 2.34. The molecule has 1 N–H and O–H groups in total. The molecular weight excluding hydrogens is 244 g/mol. The first-order valence-corrected chi connectivity index (χ1v) is 5.68. The Bertz CT molecular complexity index is 647. The van der Waals surface area contributed by atoms with E-state index in [-0.39, 0.29) is 5.56 Å². The van der Waals surface area contributed by atoms with Crippen LogP contribution in [-0.4, -0.2) is 24.2 Å². The van der Waals surface area contributed by atoms with Crippen LogP contribution in [0.2, 0.25) is 0 Å². The maximum atomic E-state index is 11.2. The van der Waals surface area contributed by atoms with Crippen LogP contribution in [0.25, 0.3) is 12.2 Å². The second-order valence-electron chi connectivity index (χ2n) is 3.76. The Morgan fingerprint density at radius 3 is 2.68 bits per heavy atom. The van der Waals surface area contributed by atoms with Gasteiger partial charge in [-0.15, -0.1) is 0 Å². The molecule has 0 aliphatic carbocycles. The summed E-state index contributed by atoms with van der Waals surface area (Å²) in [4.78, 5) is 17.8. The van der Waals surface area contributed by atoms with Gasteiger partial charge in [0, 0.05) is 17.8 Å². The molecule has 0 bridgehead atoms. The second-order valence-corrected chi connectivity index (χ2v) is 3.76. The molecule has 0 unspecified atom stereocenters. The molecule has 19 heavy (non-hydrogen) atoms. The maximum Gasteiger partial charge on any atom is 0.251 e. The van der Waals surface area contributed by atoms with E-state index in [2.05, 4.69) is 9.97 Å². The molecule has 1 aromatic heterocycles. The lowest BCUT2D eigenvalue weighted by atomic mass is 10.1. The zero-order chi connectivity index (χ0) is 13.7. The molecule has 0 saturated carbocycles. The lowest BCUT2D eigenvalue weighted by Gasteiger charge is -2.06. The predicted molar refractivity (Wildman–Crippen MR) is 73.3 cm³/mol. The topological polar surface area (TPSA) is 64.2 Å². The lowest BCUT2D eigenvalue weighted by Crippen LogP contribution is -2.05. The van der Waals surface area contributed by atoms with Crippen LogP contribution in [0.5, 0.6) is 11.5 Å². The lowest BCUT2D eigenvalue weighted by molar-refractivity contribution is 0.402. The zero-order valence-electron chi connectivity index (χ0n) is 10.7. The monoisotopic (exact) mass is 258 g/mol. The van der Waals surface area contributed by atoms with Crippen LogP contribution in [-0.2, 0) is 0 Å². The van der Waals surface area contributed by atoms with Gasteiger partial charge in [0.25, 0.3) is 5.56 Å². The van der Waals surface area contributed by atoms with Gasteiger partial charge >= 0.3 is 0 Å². The number of hydrogen-bond donors (Lipinski definition) is 1. The van der Waals surface area contributed by atoms with Crippen LogP contribution in [0, 0.1) is 0 Å². The average molecular weight is 258 g/mol. The molecule has 1 heterocycles. The summed E-state index contributed by atoms with van der Waals surface area (Å²) in [6.45, 7) is 0. The van der Waals surface area contributed by atoms with E-state index in [0.717, 1.165) is 17.1 Å². The first-order chi connectivity index (χ1) is 9.22. The Morgan fingerprint density at radius 1 is 1.16 bits per heavy atom. The van der Waals surface area contributed by atoms with Crippen molar-refractivity contribution in [1.82, 2.24) is 9.97 Å². The summed E-state index contributed by atoms with van der Waals surface area (Å²) in [7, 11) is 3.20. The number of hydrogen-bond acceptors (Lipinski definition) is 4. The number of nitrogens with zero attached hydrogens (tertiary/aromatic N) is 1. The molecule has 0 saturated heterocycles. The molecule has 2 rings (SSSR count). The van der Waals surface area contributed by atoms with E-state index in [1.54, 1.807) is 26.4 Å². The average Bonchev–Trinajstić information content (AvgIpc) is 2.45. The molecule has 5 heteroatoms. The highest BCUT2D eigenvalue weighted by Crippen LogP contribution is 2.25. The molecule has 0 aliphatic rings. The Labute approximate surface area is 110 Å². The van der Waals surface area contributed by atoms with Crippen molar-refractivity contribution in [3.05, 3.63) is 52.2 Å². The number of aromatic amines is 1. The van der Waals surface area contributed by atoms with Gasteiger partial charge < -0.3 is 14.5 Å². The van der Waals surface area contributed by atoms with E-state index >= 15 is 0 Å². The Kier molecular flexibility index (Phi) is 3.97. The van der Waals surface area contributed by atoms with Gasteiger partial charge in [-0.05, 0) is 30.4 Å². The fourth-order valence-electron chi connectivity index (χ4n) is 1.61. The van der Waals surface area contributed by atoms with Gasteiger partial charge in [0.05, 0.1) is 14.2 Å². The van der Waals surface area contributed by atoms with Crippen molar-refractivity contribution in [2.24, 2.45) is 0 Å². The zero-order valence-corrected chi connectivity index (χ0v) is 10.7. The normalized spacial score (nSPS) is 10.6. The van der Waals surface area contributed by atoms with Gasteiger partial charge in [-0.25, -0.2) is 4.98 Å². The number of methoxy groups -OCH3 is 2. The van der Waals surface area contributed by atoms with E-state index < -0.39 is 0 Å². The highest BCUT2D eigenvalue weighted by molar-refractivity contribution is 5.71. The third-order valence-electron chi connectivity index (χ3n) is 2.55. The molecular formula is C14H14N2O3. The fourth-order valence-corrected chi connectivity index (χ4v) is 1.61. The summed E-state index contributed by atoms with van der Waals surface area (Å²) in [5.74, 6) is 1.93. The van der Waals surface area contributed by atoms with Crippen molar-refractivity contribution < 1.29 is 9.47 Å². The van der Waals surface area contributed by atoms with Crippen LogP contribution in [0.15, 0.2) is 35.3 Å². The van der Waals surface area contributed by atoms with Crippen molar-refractivity contribution in [2.75, 3.05) is 14.2 Å². The minimum atomic E-state index is -0.188. The number of aromatic nitrogens is 2. The maximum absolute atomic E-state index is 11.2. The van der Waals surface area contributed by atoms with Gasteiger partial charge in [-0.3, -0.25) is 4.79 Å². The summed E-state index contributed by atoms with van der Waals surface area (Å²) in [6, 6.07) is 6.85. The molecule has 0 atom stereocenters. The van der Waals surface area contributed by atoms with E-state index in [9.17, 15) is 4.79 Å². The molecule has 0 fully saturated rings. The SMILES string of the molecule is COc1ccc(OC)c(C=Cc2nccc(=O)[nH]2)c1. The van der Waals surface area contributed by atoms with Gasteiger partial charge in [-0.1, -0.05) is 0 Å². The molecule has 98 valence electrons. The van der Waals surface area contributed by atoms with Crippen LogP contribution < -0.4 is 15.0 Å². The first-order valence-electron chi connectivity index (χ1n) is 5.68. The first kappa shape index (κ1) is 12.9. The van der Waals surface area contributed by atoms with E-state index in [1.165, 1.54) is 12.3 Å². The minimum Gasteiger partial charge on any atom is -0.497 e. The number of rotatable bonds is 4.